The Bertz CT molecular complexity index is 827. The van der Waals surface area contributed by atoms with Gasteiger partial charge in [0.25, 0.3) is 0 Å². The number of hydrogen-bond donors (Lipinski definition) is 1. The lowest BCUT2D eigenvalue weighted by Gasteiger charge is -2.20. The fourth-order valence-electron chi connectivity index (χ4n) is 2.87. The number of rotatable bonds is 5. The SMILES string of the molecule is O=C(NCc1ccc2c(c1)OCO2)[C@@H]1COC(=O)N1Cc1ccccn1. The van der Waals surface area contributed by atoms with E-state index in [1.165, 1.54) is 4.90 Å². The Hall–Kier alpha value is -3.29. The molecule has 1 atom stereocenters. The summed E-state index contributed by atoms with van der Waals surface area (Å²) < 4.78 is 15.6. The quantitative estimate of drug-likeness (QED) is 0.873. The van der Waals surface area contributed by atoms with Gasteiger partial charge >= 0.3 is 6.09 Å². The Labute approximate surface area is 149 Å². The molecular formula is C18H17N3O5. The van der Waals surface area contributed by atoms with E-state index >= 15 is 0 Å². The number of nitrogens with zero attached hydrogens (tertiary/aromatic N) is 2. The van der Waals surface area contributed by atoms with E-state index in [9.17, 15) is 9.59 Å². The fraction of sp³-hybridized carbons (Fsp3) is 0.278. The summed E-state index contributed by atoms with van der Waals surface area (Å²) in [6, 6.07) is 10.2. The van der Waals surface area contributed by atoms with Gasteiger partial charge in [-0.2, -0.15) is 0 Å². The molecule has 8 heteroatoms. The molecule has 2 aliphatic rings. The predicted octanol–water partition coefficient (Wildman–Crippen LogP) is 1.45. The number of aromatic nitrogens is 1. The van der Waals surface area contributed by atoms with Crippen LogP contribution in [0.4, 0.5) is 4.79 Å². The number of nitrogens with one attached hydrogen (secondary N) is 1. The molecule has 1 aromatic heterocycles. The zero-order valence-corrected chi connectivity index (χ0v) is 13.9. The maximum absolute atomic E-state index is 12.5. The van der Waals surface area contributed by atoms with Gasteiger partial charge < -0.3 is 19.5 Å². The van der Waals surface area contributed by atoms with E-state index in [1.54, 1.807) is 24.4 Å². The molecule has 0 aliphatic carbocycles. The number of ether oxygens (including phenoxy) is 3. The number of hydrogen-bond acceptors (Lipinski definition) is 6. The van der Waals surface area contributed by atoms with Gasteiger partial charge in [0, 0.05) is 12.7 Å². The summed E-state index contributed by atoms with van der Waals surface area (Å²) in [6.45, 7) is 0.771. The van der Waals surface area contributed by atoms with Crippen LogP contribution in [-0.2, 0) is 22.6 Å². The molecule has 134 valence electrons. The number of cyclic esters (lactones) is 1. The van der Waals surface area contributed by atoms with Crippen molar-refractivity contribution in [3.8, 4) is 11.5 Å². The average Bonchev–Trinajstić information content (AvgIpc) is 3.27. The highest BCUT2D eigenvalue weighted by Crippen LogP contribution is 2.32. The lowest BCUT2D eigenvalue weighted by Crippen LogP contribution is -2.45. The second-order valence-corrected chi connectivity index (χ2v) is 5.95. The van der Waals surface area contributed by atoms with Gasteiger partial charge in [-0.1, -0.05) is 12.1 Å². The third kappa shape index (κ3) is 3.26. The second kappa shape index (κ2) is 6.91. The Balaban J connectivity index is 1.39. The Morgan fingerprint density at radius 1 is 1.19 bits per heavy atom. The van der Waals surface area contributed by atoms with Crippen molar-refractivity contribution in [2.24, 2.45) is 0 Å². The molecule has 0 bridgehead atoms. The van der Waals surface area contributed by atoms with Crippen LogP contribution in [-0.4, -0.2) is 41.3 Å². The number of carbonyl (C=O) groups is 2. The van der Waals surface area contributed by atoms with Crippen LogP contribution in [0.15, 0.2) is 42.6 Å². The van der Waals surface area contributed by atoms with Crippen LogP contribution in [0.2, 0.25) is 0 Å². The van der Waals surface area contributed by atoms with Crippen molar-refractivity contribution in [1.29, 1.82) is 0 Å². The maximum atomic E-state index is 12.5. The standard InChI is InChI=1S/C18H17N3O5/c22-17(20-8-12-4-5-15-16(7-12)26-11-25-15)14-10-24-18(23)21(14)9-13-3-1-2-6-19-13/h1-7,14H,8-11H2,(H,20,22)/t14-/m0/s1. The first kappa shape index (κ1) is 16.2. The van der Waals surface area contributed by atoms with Crippen molar-refractivity contribution in [2.45, 2.75) is 19.1 Å². The van der Waals surface area contributed by atoms with E-state index in [-0.39, 0.29) is 25.9 Å². The summed E-state index contributed by atoms with van der Waals surface area (Å²) >= 11 is 0. The van der Waals surface area contributed by atoms with Crippen molar-refractivity contribution in [3.63, 3.8) is 0 Å². The van der Waals surface area contributed by atoms with E-state index in [0.29, 0.717) is 23.7 Å². The molecule has 26 heavy (non-hydrogen) atoms. The summed E-state index contributed by atoms with van der Waals surface area (Å²) in [6.07, 6.45) is 1.13. The molecule has 3 heterocycles. The van der Waals surface area contributed by atoms with Gasteiger partial charge in [0.05, 0.1) is 12.2 Å². The molecule has 4 rings (SSSR count). The van der Waals surface area contributed by atoms with Gasteiger partial charge in [0.15, 0.2) is 11.5 Å². The number of carbonyl (C=O) groups excluding carboxylic acids is 2. The molecule has 1 fully saturated rings. The smallest absolute Gasteiger partial charge is 0.411 e. The molecule has 2 amide bonds. The zero-order chi connectivity index (χ0) is 17.9. The van der Waals surface area contributed by atoms with Gasteiger partial charge in [0.1, 0.15) is 12.6 Å². The van der Waals surface area contributed by atoms with Gasteiger partial charge in [-0.05, 0) is 29.8 Å². The Morgan fingerprint density at radius 3 is 2.92 bits per heavy atom. The minimum atomic E-state index is -0.682. The first-order chi connectivity index (χ1) is 12.7. The van der Waals surface area contributed by atoms with Crippen LogP contribution >= 0.6 is 0 Å². The molecular weight excluding hydrogens is 338 g/mol. The normalized spacial score (nSPS) is 17.9. The topological polar surface area (TPSA) is 90.0 Å². The molecule has 2 aromatic rings. The van der Waals surface area contributed by atoms with Crippen molar-refractivity contribution in [1.82, 2.24) is 15.2 Å². The van der Waals surface area contributed by atoms with Crippen LogP contribution in [0.3, 0.4) is 0 Å². The lowest BCUT2D eigenvalue weighted by atomic mass is 10.2. The Kier molecular flexibility index (Phi) is 4.30. The van der Waals surface area contributed by atoms with Crippen LogP contribution in [0.25, 0.3) is 0 Å². The van der Waals surface area contributed by atoms with Crippen LogP contribution in [0, 0.1) is 0 Å². The molecule has 1 N–H and O–H groups in total. The van der Waals surface area contributed by atoms with Crippen LogP contribution < -0.4 is 14.8 Å². The minimum Gasteiger partial charge on any atom is -0.454 e. The van der Waals surface area contributed by atoms with E-state index < -0.39 is 12.1 Å². The summed E-state index contributed by atoms with van der Waals surface area (Å²) in [5.74, 6) is 1.08. The third-order valence-corrected chi connectivity index (χ3v) is 4.24. The highest BCUT2D eigenvalue weighted by atomic mass is 16.7. The predicted molar refractivity (Wildman–Crippen MR) is 89.3 cm³/mol. The summed E-state index contributed by atoms with van der Waals surface area (Å²) in [5.41, 5.74) is 1.57. The monoisotopic (exact) mass is 355 g/mol. The molecule has 0 radical (unpaired) electrons. The summed E-state index contributed by atoms with van der Waals surface area (Å²) in [7, 11) is 0. The van der Waals surface area contributed by atoms with Crippen molar-refractivity contribution in [2.75, 3.05) is 13.4 Å². The number of benzene rings is 1. The first-order valence-corrected chi connectivity index (χ1v) is 8.20. The van der Waals surface area contributed by atoms with E-state index in [1.807, 2.05) is 18.2 Å². The second-order valence-electron chi connectivity index (χ2n) is 5.95. The van der Waals surface area contributed by atoms with Crippen molar-refractivity contribution in [3.05, 3.63) is 53.9 Å². The fourth-order valence-corrected chi connectivity index (χ4v) is 2.87. The van der Waals surface area contributed by atoms with E-state index in [2.05, 4.69) is 10.3 Å². The van der Waals surface area contributed by atoms with Gasteiger partial charge in [-0.25, -0.2) is 4.79 Å². The van der Waals surface area contributed by atoms with Gasteiger partial charge in [0.2, 0.25) is 12.7 Å². The average molecular weight is 355 g/mol. The summed E-state index contributed by atoms with van der Waals surface area (Å²) in [4.78, 5) is 30.1. The highest BCUT2D eigenvalue weighted by molar-refractivity contribution is 5.87. The van der Waals surface area contributed by atoms with Gasteiger partial charge in [-0.15, -0.1) is 0 Å². The highest BCUT2D eigenvalue weighted by Gasteiger charge is 2.38. The number of amides is 2. The number of fused-ring (bicyclic) bond motifs is 1. The molecule has 0 saturated carbocycles. The van der Waals surface area contributed by atoms with Gasteiger partial charge in [-0.3, -0.25) is 14.7 Å². The number of pyridine rings is 1. The van der Waals surface area contributed by atoms with Crippen LogP contribution in [0.1, 0.15) is 11.3 Å². The van der Waals surface area contributed by atoms with Crippen LogP contribution in [0.5, 0.6) is 11.5 Å². The van der Waals surface area contributed by atoms with E-state index in [0.717, 1.165) is 5.56 Å². The largest absolute Gasteiger partial charge is 0.454 e. The molecule has 1 aromatic carbocycles. The molecule has 0 unspecified atom stereocenters. The zero-order valence-electron chi connectivity index (χ0n) is 13.9. The molecule has 0 spiro atoms. The third-order valence-electron chi connectivity index (χ3n) is 4.24. The Morgan fingerprint density at radius 2 is 2.08 bits per heavy atom. The molecule has 8 nitrogen and oxygen atoms in total. The van der Waals surface area contributed by atoms with Crippen molar-refractivity contribution >= 4 is 12.0 Å². The van der Waals surface area contributed by atoms with Crippen molar-refractivity contribution < 1.29 is 23.8 Å². The summed E-state index contributed by atoms with van der Waals surface area (Å²) in [5, 5.41) is 2.84. The minimum absolute atomic E-state index is 0.0264. The van der Waals surface area contributed by atoms with E-state index in [4.69, 9.17) is 14.2 Å². The lowest BCUT2D eigenvalue weighted by molar-refractivity contribution is -0.125. The maximum Gasteiger partial charge on any atom is 0.411 e. The first-order valence-electron chi connectivity index (χ1n) is 8.20. The molecule has 1 saturated heterocycles. The molecule has 2 aliphatic heterocycles.